The molecular formula is C33H41FN4O3. The molecule has 1 heterocycles. The number of alkyl carbamates (subject to hydrolysis) is 1. The molecule has 0 unspecified atom stereocenters. The average Bonchev–Trinajstić information content (AvgIpc) is 3.15. The summed E-state index contributed by atoms with van der Waals surface area (Å²) in [6, 6.07) is 6.56. The van der Waals surface area contributed by atoms with Crippen LogP contribution in [0.2, 0.25) is 0 Å². The quantitative estimate of drug-likeness (QED) is 0.188. The topological polar surface area (TPSA) is 85.4 Å². The monoisotopic (exact) mass is 560 g/mol. The highest BCUT2D eigenvalue weighted by molar-refractivity contribution is 5.87. The van der Waals surface area contributed by atoms with Crippen molar-refractivity contribution in [1.82, 2.24) is 15.3 Å². The molecule has 7 nitrogen and oxygen atoms in total. The van der Waals surface area contributed by atoms with Crippen molar-refractivity contribution in [1.29, 1.82) is 0 Å². The van der Waals surface area contributed by atoms with Crippen molar-refractivity contribution >= 4 is 17.5 Å². The van der Waals surface area contributed by atoms with Gasteiger partial charge in [-0.1, -0.05) is 56.7 Å². The second-order valence-corrected chi connectivity index (χ2v) is 10.0. The number of halogens is 1. The van der Waals surface area contributed by atoms with Gasteiger partial charge in [0.1, 0.15) is 29.3 Å². The number of rotatable bonds is 9. The third kappa shape index (κ3) is 11.3. The SMILES string of the molecule is CCC.COC1=CC(C=C/C=C(/c2ccccc2F)c2c(C)ncnc2NCCNC(=O)OC(C)(C)C)=C=CC=C1. The molecule has 0 saturated heterocycles. The van der Waals surface area contributed by atoms with Crippen LogP contribution in [0.3, 0.4) is 0 Å². The second kappa shape index (κ2) is 16.6. The van der Waals surface area contributed by atoms with Crippen LogP contribution in [0.5, 0.6) is 0 Å². The second-order valence-electron chi connectivity index (χ2n) is 10.0. The minimum absolute atomic E-state index is 0.304. The molecule has 0 atom stereocenters. The van der Waals surface area contributed by atoms with Crippen LogP contribution >= 0.6 is 0 Å². The van der Waals surface area contributed by atoms with E-state index in [1.165, 1.54) is 18.8 Å². The Morgan fingerprint density at radius 3 is 2.56 bits per heavy atom. The summed E-state index contributed by atoms with van der Waals surface area (Å²) in [4.78, 5) is 20.7. The number of nitrogens with zero attached hydrogens (tertiary/aromatic N) is 2. The first-order valence-corrected chi connectivity index (χ1v) is 13.6. The number of aryl methyl sites for hydroxylation is 1. The van der Waals surface area contributed by atoms with E-state index < -0.39 is 11.7 Å². The Morgan fingerprint density at radius 1 is 1.15 bits per heavy atom. The van der Waals surface area contributed by atoms with E-state index in [4.69, 9.17) is 9.47 Å². The summed E-state index contributed by atoms with van der Waals surface area (Å²) < 4.78 is 25.6. The number of hydrogen-bond donors (Lipinski definition) is 2. The molecule has 41 heavy (non-hydrogen) atoms. The third-order valence-electron chi connectivity index (χ3n) is 5.23. The van der Waals surface area contributed by atoms with Crippen LogP contribution in [0.15, 0.2) is 90.2 Å². The first-order chi connectivity index (χ1) is 19.6. The predicted molar refractivity (Wildman–Crippen MR) is 164 cm³/mol. The molecule has 1 aromatic carbocycles. The number of ether oxygens (including phenoxy) is 2. The Kier molecular flexibility index (Phi) is 13.3. The normalized spacial score (nSPS) is 13.0. The van der Waals surface area contributed by atoms with Gasteiger partial charge in [0.05, 0.1) is 12.8 Å². The van der Waals surface area contributed by atoms with Gasteiger partial charge in [0, 0.05) is 29.8 Å². The van der Waals surface area contributed by atoms with E-state index >= 15 is 4.39 Å². The number of hydrogen-bond acceptors (Lipinski definition) is 6. The fourth-order valence-corrected chi connectivity index (χ4v) is 3.58. The molecule has 3 rings (SSSR count). The van der Waals surface area contributed by atoms with Gasteiger partial charge in [-0.15, -0.1) is 5.73 Å². The van der Waals surface area contributed by atoms with Crippen molar-refractivity contribution in [2.75, 3.05) is 25.5 Å². The van der Waals surface area contributed by atoms with Crippen molar-refractivity contribution in [3.63, 3.8) is 0 Å². The van der Waals surface area contributed by atoms with Crippen LogP contribution in [0.4, 0.5) is 15.0 Å². The largest absolute Gasteiger partial charge is 0.497 e. The van der Waals surface area contributed by atoms with Gasteiger partial charge in [-0.25, -0.2) is 19.2 Å². The Labute approximate surface area is 243 Å². The number of benzene rings is 1. The average molecular weight is 561 g/mol. The molecule has 1 aromatic heterocycles. The van der Waals surface area contributed by atoms with E-state index in [1.54, 1.807) is 52.2 Å². The number of allylic oxidation sites excluding steroid dienone is 7. The Morgan fingerprint density at radius 2 is 1.88 bits per heavy atom. The number of anilines is 1. The lowest BCUT2D eigenvalue weighted by molar-refractivity contribution is 0.0530. The van der Waals surface area contributed by atoms with Crippen molar-refractivity contribution < 1.29 is 18.7 Å². The maximum absolute atomic E-state index is 15.0. The van der Waals surface area contributed by atoms with E-state index in [9.17, 15) is 4.79 Å². The van der Waals surface area contributed by atoms with E-state index in [0.717, 1.165) is 5.57 Å². The van der Waals surface area contributed by atoms with Gasteiger partial charge in [0.25, 0.3) is 0 Å². The molecular weight excluding hydrogens is 519 g/mol. The summed E-state index contributed by atoms with van der Waals surface area (Å²) in [7, 11) is 1.61. The highest BCUT2D eigenvalue weighted by atomic mass is 19.1. The highest BCUT2D eigenvalue weighted by Crippen LogP contribution is 2.32. The zero-order valence-corrected chi connectivity index (χ0v) is 25.0. The lowest BCUT2D eigenvalue weighted by Gasteiger charge is -2.20. The highest BCUT2D eigenvalue weighted by Gasteiger charge is 2.18. The number of amides is 1. The van der Waals surface area contributed by atoms with E-state index in [2.05, 4.69) is 40.2 Å². The smallest absolute Gasteiger partial charge is 0.407 e. The van der Waals surface area contributed by atoms with Crippen LogP contribution in [-0.4, -0.2) is 41.9 Å². The van der Waals surface area contributed by atoms with Gasteiger partial charge in [-0.3, -0.25) is 0 Å². The van der Waals surface area contributed by atoms with E-state index in [-0.39, 0.29) is 5.82 Å². The molecule has 0 bridgehead atoms. The fraction of sp³-hybridized carbons (Fsp3) is 0.333. The molecule has 0 aliphatic heterocycles. The molecule has 1 amide bonds. The van der Waals surface area contributed by atoms with Crippen LogP contribution < -0.4 is 10.6 Å². The van der Waals surface area contributed by atoms with Crippen molar-refractivity contribution in [2.24, 2.45) is 0 Å². The number of methoxy groups -OCH3 is 1. The van der Waals surface area contributed by atoms with Gasteiger partial charge >= 0.3 is 6.09 Å². The third-order valence-corrected chi connectivity index (χ3v) is 5.23. The van der Waals surface area contributed by atoms with Gasteiger partial charge in [0.15, 0.2) is 0 Å². The summed E-state index contributed by atoms with van der Waals surface area (Å²) in [6.45, 7) is 12.2. The summed E-state index contributed by atoms with van der Waals surface area (Å²) >= 11 is 0. The van der Waals surface area contributed by atoms with Crippen molar-refractivity contribution in [3.8, 4) is 0 Å². The van der Waals surface area contributed by atoms with Crippen LogP contribution in [0.1, 0.15) is 57.9 Å². The first kappa shape index (κ1) is 32.8. The first-order valence-electron chi connectivity index (χ1n) is 13.6. The molecule has 0 radical (unpaired) electrons. The number of carbonyl (C=O) groups is 1. The Hall–Kier alpha value is -4.42. The molecule has 8 heteroatoms. The number of carbonyl (C=O) groups excluding carboxylic acids is 1. The molecule has 1 aliphatic carbocycles. The minimum atomic E-state index is -0.582. The fourth-order valence-electron chi connectivity index (χ4n) is 3.58. The van der Waals surface area contributed by atoms with E-state index in [0.29, 0.717) is 47.1 Å². The molecule has 0 fully saturated rings. The standard InChI is InChI=1S/C30H33FN4O3.C3H8/c1-21-27(28(35-20-34-21)32-17-18-33-29(36)38-30(2,3)4)25(24-14-8-9-16-26(24)31)15-10-12-22-11-6-7-13-23(19-22)37-5;1-3-2/h6-10,12-16,19-20H,17-18H2,1-5H3,(H,33,36)(H,32,34,35);3H2,1-2H3/b12-10?,25-15-;. The molecule has 2 aromatic rings. The summed E-state index contributed by atoms with van der Waals surface area (Å²) in [5.74, 6) is 0.848. The zero-order valence-electron chi connectivity index (χ0n) is 25.0. The molecule has 218 valence electrons. The zero-order chi connectivity index (χ0) is 30.3. The summed E-state index contributed by atoms with van der Waals surface area (Å²) in [6.07, 6.45) is 15.0. The molecule has 1 aliphatic rings. The Bertz CT molecular complexity index is 1360. The summed E-state index contributed by atoms with van der Waals surface area (Å²) in [5, 5.41) is 5.95. The molecule has 2 N–H and O–H groups in total. The maximum Gasteiger partial charge on any atom is 0.407 e. The van der Waals surface area contributed by atoms with Crippen LogP contribution in [-0.2, 0) is 9.47 Å². The predicted octanol–water partition coefficient (Wildman–Crippen LogP) is 7.45. The lowest BCUT2D eigenvalue weighted by atomic mass is 9.95. The molecule has 0 saturated carbocycles. The summed E-state index contributed by atoms with van der Waals surface area (Å²) in [5.41, 5.74) is 5.72. The minimum Gasteiger partial charge on any atom is -0.497 e. The van der Waals surface area contributed by atoms with E-state index in [1.807, 2.05) is 43.4 Å². The Balaban J connectivity index is 0.00000187. The lowest BCUT2D eigenvalue weighted by Crippen LogP contribution is -2.35. The van der Waals surface area contributed by atoms with Crippen molar-refractivity contribution in [2.45, 2.75) is 53.6 Å². The maximum atomic E-state index is 15.0. The number of aromatic nitrogens is 2. The van der Waals surface area contributed by atoms with Gasteiger partial charge in [-0.2, -0.15) is 0 Å². The van der Waals surface area contributed by atoms with Gasteiger partial charge in [-0.05, 0) is 63.6 Å². The van der Waals surface area contributed by atoms with Crippen LogP contribution in [0.25, 0.3) is 5.57 Å². The van der Waals surface area contributed by atoms with Crippen molar-refractivity contribution in [3.05, 3.63) is 113 Å². The van der Waals surface area contributed by atoms with Crippen LogP contribution in [0, 0.1) is 12.7 Å². The van der Waals surface area contributed by atoms with Gasteiger partial charge in [0.2, 0.25) is 0 Å². The van der Waals surface area contributed by atoms with Gasteiger partial charge < -0.3 is 20.1 Å². The number of nitrogens with one attached hydrogen (secondary N) is 2. The molecule has 0 spiro atoms.